The maximum Gasteiger partial charge on any atom is 0.138 e. The van der Waals surface area contributed by atoms with Crippen molar-refractivity contribution in [3.05, 3.63) is 41.2 Å². The van der Waals surface area contributed by atoms with Gasteiger partial charge in [0, 0.05) is 50.2 Å². The zero-order chi connectivity index (χ0) is 23.4. The van der Waals surface area contributed by atoms with E-state index in [2.05, 4.69) is 94.3 Å². The van der Waals surface area contributed by atoms with Crippen LogP contribution in [0.1, 0.15) is 63.8 Å². The van der Waals surface area contributed by atoms with Crippen LogP contribution in [-0.2, 0) is 6.54 Å². The van der Waals surface area contributed by atoms with Gasteiger partial charge >= 0.3 is 0 Å². The number of nitrogens with zero attached hydrogens (tertiary/aromatic N) is 5. The molecule has 5 nitrogen and oxygen atoms in total. The maximum atomic E-state index is 5.16. The molecule has 0 amide bonds. The first kappa shape index (κ1) is 24.2. The fourth-order valence-electron chi connectivity index (χ4n) is 4.24. The summed E-state index contributed by atoms with van der Waals surface area (Å²) >= 11 is 0. The van der Waals surface area contributed by atoms with Gasteiger partial charge in [0.15, 0.2) is 0 Å². The monoisotopic (exact) mass is 435 g/mol. The standard InChI is InChI=1S/C24H33N5.C3H8/c1-7-28-15-18(5)23-21(28)14-17(4)22(26-23)19-8-9-20(16(2)3)25-24(19)29-12-10-27(6)11-13-29;1-3-2/h8-9,14-16H,7,10-13H2,1-6H3;3H2,1-2H3. The second-order valence-corrected chi connectivity index (χ2v) is 9.38. The number of hydrogen-bond donors (Lipinski definition) is 0. The van der Waals surface area contributed by atoms with Crippen LogP contribution >= 0.6 is 0 Å². The van der Waals surface area contributed by atoms with Gasteiger partial charge in [-0.15, -0.1) is 0 Å². The van der Waals surface area contributed by atoms with E-state index in [1.807, 2.05) is 0 Å². The summed E-state index contributed by atoms with van der Waals surface area (Å²) < 4.78 is 2.29. The molecule has 0 saturated carbocycles. The lowest BCUT2D eigenvalue weighted by molar-refractivity contribution is 0.312. The minimum atomic E-state index is 0.410. The molecule has 0 aromatic carbocycles. The van der Waals surface area contributed by atoms with E-state index in [0.29, 0.717) is 5.92 Å². The van der Waals surface area contributed by atoms with E-state index in [0.717, 1.165) is 61.0 Å². The third-order valence-corrected chi connectivity index (χ3v) is 6.11. The van der Waals surface area contributed by atoms with Crippen molar-refractivity contribution in [3.8, 4) is 11.3 Å². The average Bonchev–Trinajstić information content (AvgIpc) is 3.08. The fraction of sp³-hybridized carbons (Fsp3) is 0.556. The topological polar surface area (TPSA) is 37.2 Å². The van der Waals surface area contributed by atoms with Crippen LogP contribution in [0.15, 0.2) is 24.4 Å². The number of pyridine rings is 2. The predicted molar refractivity (Wildman–Crippen MR) is 138 cm³/mol. The predicted octanol–water partition coefficient (Wildman–Crippen LogP) is 6.03. The molecule has 4 heterocycles. The number of aryl methyl sites for hydroxylation is 3. The minimum Gasteiger partial charge on any atom is -0.353 e. The lowest BCUT2D eigenvalue weighted by Gasteiger charge is -2.34. The number of hydrogen-bond acceptors (Lipinski definition) is 4. The molecule has 1 fully saturated rings. The molecule has 0 atom stereocenters. The second-order valence-electron chi connectivity index (χ2n) is 9.38. The van der Waals surface area contributed by atoms with Crippen LogP contribution in [-0.4, -0.2) is 52.7 Å². The molecule has 4 rings (SSSR count). The summed E-state index contributed by atoms with van der Waals surface area (Å²) in [5.41, 5.74) is 8.13. The summed E-state index contributed by atoms with van der Waals surface area (Å²) in [6, 6.07) is 6.70. The SMILES string of the molecule is CCC.CCn1cc(C)c2nc(-c3ccc(C(C)C)nc3N3CCN(C)CC3)c(C)cc21. The molecule has 1 aliphatic rings. The van der Waals surface area contributed by atoms with Crippen LogP contribution in [0.3, 0.4) is 0 Å². The molecule has 0 radical (unpaired) electrons. The van der Waals surface area contributed by atoms with Crippen molar-refractivity contribution in [2.75, 3.05) is 38.1 Å². The smallest absolute Gasteiger partial charge is 0.138 e. The molecule has 0 aliphatic carbocycles. The zero-order valence-electron chi connectivity index (χ0n) is 21.4. The Bertz CT molecular complexity index is 1040. The van der Waals surface area contributed by atoms with Gasteiger partial charge in [0.05, 0.1) is 16.7 Å². The molecule has 0 bridgehead atoms. The Morgan fingerprint density at radius 2 is 1.59 bits per heavy atom. The number of aromatic nitrogens is 3. The maximum absolute atomic E-state index is 5.16. The molecule has 3 aromatic heterocycles. The van der Waals surface area contributed by atoms with E-state index in [-0.39, 0.29) is 0 Å². The fourth-order valence-corrected chi connectivity index (χ4v) is 4.24. The summed E-state index contributed by atoms with van der Waals surface area (Å²) in [6.07, 6.45) is 3.46. The molecule has 0 N–H and O–H groups in total. The molecule has 5 heteroatoms. The van der Waals surface area contributed by atoms with E-state index in [1.165, 1.54) is 23.1 Å². The second kappa shape index (κ2) is 10.5. The summed E-state index contributed by atoms with van der Waals surface area (Å²) in [5.74, 6) is 1.50. The van der Waals surface area contributed by atoms with E-state index in [4.69, 9.17) is 9.97 Å². The van der Waals surface area contributed by atoms with Gasteiger partial charge in [0.1, 0.15) is 5.82 Å². The number of fused-ring (bicyclic) bond motifs is 1. The Hall–Kier alpha value is -2.40. The molecule has 3 aromatic rings. The van der Waals surface area contributed by atoms with Crippen molar-refractivity contribution in [2.24, 2.45) is 0 Å². The Labute approximate surface area is 194 Å². The van der Waals surface area contributed by atoms with Crippen LogP contribution in [0, 0.1) is 13.8 Å². The Morgan fingerprint density at radius 1 is 0.938 bits per heavy atom. The summed E-state index contributed by atoms with van der Waals surface area (Å²) in [4.78, 5) is 15.1. The largest absolute Gasteiger partial charge is 0.353 e. The summed E-state index contributed by atoms with van der Waals surface area (Å²) in [7, 11) is 2.19. The van der Waals surface area contributed by atoms with Crippen LogP contribution in [0.4, 0.5) is 5.82 Å². The number of piperazine rings is 1. The highest BCUT2D eigenvalue weighted by atomic mass is 15.3. The van der Waals surface area contributed by atoms with Crippen molar-refractivity contribution in [1.29, 1.82) is 0 Å². The Morgan fingerprint density at radius 3 is 2.19 bits per heavy atom. The van der Waals surface area contributed by atoms with Gasteiger partial charge in [-0.2, -0.15) is 0 Å². The van der Waals surface area contributed by atoms with E-state index >= 15 is 0 Å². The first-order chi connectivity index (χ1) is 15.3. The molecule has 1 saturated heterocycles. The highest BCUT2D eigenvalue weighted by Gasteiger charge is 2.22. The van der Waals surface area contributed by atoms with Crippen LogP contribution in [0.25, 0.3) is 22.3 Å². The summed E-state index contributed by atoms with van der Waals surface area (Å²) in [6.45, 7) is 20.3. The van der Waals surface area contributed by atoms with Crippen LogP contribution < -0.4 is 4.90 Å². The molecule has 1 aliphatic heterocycles. The lowest BCUT2D eigenvalue weighted by Crippen LogP contribution is -2.45. The number of likely N-dealkylation sites (N-methyl/N-ethyl adjacent to an activating group) is 1. The molecule has 0 unspecified atom stereocenters. The Balaban J connectivity index is 0.000000913. The minimum absolute atomic E-state index is 0.410. The number of anilines is 1. The van der Waals surface area contributed by atoms with E-state index in [1.54, 1.807) is 0 Å². The third kappa shape index (κ3) is 4.98. The molecule has 174 valence electrons. The van der Waals surface area contributed by atoms with Gasteiger partial charge in [-0.25, -0.2) is 9.97 Å². The lowest BCUT2D eigenvalue weighted by atomic mass is 10.0. The van der Waals surface area contributed by atoms with Crippen molar-refractivity contribution in [3.63, 3.8) is 0 Å². The van der Waals surface area contributed by atoms with Crippen LogP contribution in [0.5, 0.6) is 0 Å². The van der Waals surface area contributed by atoms with Gasteiger partial charge in [-0.1, -0.05) is 34.1 Å². The van der Waals surface area contributed by atoms with Gasteiger partial charge in [0.25, 0.3) is 0 Å². The van der Waals surface area contributed by atoms with Crippen molar-refractivity contribution in [1.82, 2.24) is 19.4 Å². The molecular formula is C27H41N5. The Kier molecular flexibility index (Phi) is 7.94. The van der Waals surface area contributed by atoms with Gasteiger partial charge < -0.3 is 14.4 Å². The highest BCUT2D eigenvalue weighted by molar-refractivity contribution is 5.86. The third-order valence-electron chi connectivity index (χ3n) is 6.11. The van der Waals surface area contributed by atoms with Gasteiger partial charge in [-0.3, -0.25) is 0 Å². The van der Waals surface area contributed by atoms with Crippen molar-refractivity contribution >= 4 is 16.9 Å². The highest BCUT2D eigenvalue weighted by Crippen LogP contribution is 2.34. The van der Waals surface area contributed by atoms with Gasteiger partial charge in [-0.05, 0) is 63.1 Å². The average molecular weight is 436 g/mol. The van der Waals surface area contributed by atoms with E-state index < -0.39 is 0 Å². The van der Waals surface area contributed by atoms with Crippen molar-refractivity contribution in [2.45, 2.75) is 67.3 Å². The zero-order valence-corrected chi connectivity index (χ0v) is 21.4. The number of rotatable bonds is 4. The molecule has 32 heavy (non-hydrogen) atoms. The first-order valence-corrected chi connectivity index (χ1v) is 12.2. The quantitative estimate of drug-likeness (QED) is 0.502. The normalized spacial score (nSPS) is 14.7. The summed E-state index contributed by atoms with van der Waals surface area (Å²) in [5, 5.41) is 0. The van der Waals surface area contributed by atoms with Crippen molar-refractivity contribution < 1.29 is 0 Å². The molecule has 0 spiro atoms. The van der Waals surface area contributed by atoms with Gasteiger partial charge in [0.2, 0.25) is 0 Å². The molecular weight excluding hydrogens is 394 g/mol. The first-order valence-electron chi connectivity index (χ1n) is 12.2. The van der Waals surface area contributed by atoms with Crippen LogP contribution in [0.2, 0.25) is 0 Å². The van der Waals surface area contributed by atoms with E-state index in [9.17, 15) is 0 Å².